The van der Waals surface area contributed by atoms with Crippen LogP contribution in [0.1, 0.15) is 33.1 Å². The first-order valence-corrected chi connectivity index (χ1v) is 5.35. The van der Waals surface area contributed by atoms with Crippen LogP contribution in [0, 0.1) is 5.92 Å². The van der Waals surface area contributed by atoms with Gasteiger partial charge in [0.05, 0.1) is 6.42 Å². The highest BCUT2D eigenvalue weighted by Gasteiger charge is 2.29. The lowest BCUT2D eigenvalue weighted by Gasteiger charge is -2.18. The molecule has 0 spiro atoms. The predicted octanol–water partition coefficient (Wildman–Crippen LogP) is 2.29. The van der Waals surface area contributed by atoms with Crippen molar-refractivity contribution in [2.75, 3.05) is 13.1 Å². The first kappa shape index (κ1) is 14.7. The summed E-state index contributed by atoms with van der Waals surface area (Å²) in [4.78, 5) is 0. The molecule has 0 bridgehead atoms. The summed E-state index contributed by atoms with van der Waals surface area (Å²) in [7, 11) is 0. The van der Waals surface area contributed by atoms with E-state index in [2.05, 4.69) is 5.32 Å². The fourth-order valence-electron chi connectivity index (χ4n) is 1.39. The Balaban J connectivity index is 3.57. The zero-order valence-electron chi connectivity index (χ0n) is 9.40. The van der Waals surface area contributed by atoms with Crippen molar-refractivity contribution in [2.45, 2.75) is 45.3 Å². The molecule has 2 nitrogen and oxygen atoms in total. The monoisotopic (exact) mass is 226 g/mol. The molecule has 0 aromatic rings. The van der Waals surface area contributed by atoms with Crippen molar-refractivity contribution in [3.63, 3.8) is 0 Å². The quantitative estimate of drug-likeness (QED) is 0.699. The lowest BCUT2D eigenvalue weighted by atomic mass is 10.1. The molecule has 2 unspecified atom stereocenters. The molecular formula is C10H21F3N2. The number of nitrogens with one attached hydrogen (secondary N) is 1. The zero-order chi connectivity index (χ0) is 11.9. The maximum absolute atomic E-state index is 12.0. The van der Waals surface area contributed by atoms with E-state index in [0.717, 1.165) is 12.8 Å². The van der Waals surface area contributed by atoms with Crippen LogP contribution < -0.4 is 11.1 Å². The summed E-state index contributed by atoms with van der Waals surface area (Å²) in [6.07, 6.45) is -2.96. The highest BCUT2D eigenvalue weighted by atomic mass is 19.4. The molecule has 15 heavy (non-hydrogen) atoms. The number of rotatable bonds is 7. The average molecular weight is 226 g/mol. The SMILES string of the molecule is CC(CCCN)CNC(C)CC(F)(F)F. The van der Waals surface area contributed by atoms with E-state index in [0.29, 0.717) is 19.0 Å². The molecule has 0 amide bonds. The van der Waals surface area contributed by atoms with Crippen molar-refractivity contribution in [1.82, 2.24) is 5.32 Å². The maximum Gasteiger partial charge on any atom is 0.390 e. The van der Waals surface area contributed by atoms with Gasteiger partial charge in [-0.15, -0.1) is 0 Å². The van der Waals surface area contributed by atoms with Crippen molar-refractivity contribution < 1.29 is 13.2 Å². The van der Waals surface area contributed by atoms with E-state index < -0.39 is 18.6 Å². The van der Waals surface area contributed by atoms with Crippen LogP contribution >= 0.6 is 0 Å². The Morgan fingerprint density at radius 1 is 1.27 bits per heavy atom. The summed E-state index contributed by atoms with van der Waals surface area (Å²) in [5.74, 6) is 0.379. The van der Waals surface area contributed by atoms with E-state index in [9.17, 15) is 13.2 Å². The molecule has 0 aliphatic rings. The van der Waals surface area contributed by atoms with Crippen molar-refractivity contribution in [2.24, 2.45) is 11.7 Å². The number of halogens is 3. The van der Waals surface area contributed by atoms with Crippen LogP contribution in [0.5, 0.6) is 0 Å². The molecule has 0 aliphatic heterocycles. The fraction of sp³-hybridized carbons (Fsp3) is 1.00. The zero-order valence-corrected chi connectivity index (χ0v) is 9.40. The van der Waals surface area contributed by atoms with Crippen LogP contribution in [-0.4, -0.2) is 25.3 Å². The second kappa shape index (κ2) is 7.06. The third-order valence-corrected chi connectivity index (χ3v) is 2.25. The Labute approximate surface area is 89.4 Å². The lowest BCUT2D eigenvalue weighted by molar-refractivity contribution is -0.139. The van der Waals surface area contributed by atoms with Gasteiger partial charge in [0.1, 0.15) is 0 Å². The minimum absolute atomic E-state index is 0.379. The topological polar surface area (TPSA) is 38.0 Å². The number of alkyl halides is 3. The Morgan fingerprint density at radius 2 is 1.87 bits per heavy atom. The highest BCUT2D eigenvalue weighted by molar-refractivity contribution is 4.67. The third-order valence-electron chi connectivity index (χ3n) is 2.25. The summed E-state index contributed by atoms with van der Waals surface area (Å²) >= 11 is 0. The molecule has 0 heterocycles. The maximum atomic E-state index is 12.0. The molecule has 5 heteroatoms. The van der Waals surface area contributed by atoms with Crippen LogP contribution in [0.2, 0.25) is 0 Å². The average Bonchev–Trinajstić information content (AvgIpc) is 2.08. The van der Waals surface area contributed by atoms with Gasteiger partial charge in [-0.2, -0.15) is 13.2 Å². The summed E-state index contributed by atoms with van der Waals surface area (Å²) in [6, 6.07) is -0.509. The lowest BCUT2D eigenvalue weighted by Crippen LogP contribution is -2.34. The Kier molecular flexibility index (Phi) is 6.92. The van der Waals surface area contributed by atoms with Gasteiger partial charge in [-0.25, -0.2) is 0 Å². The first-order valence-electron chi connectivity index (χ1n) is 5.35. The smallest absolute Gasteiger partial charge is 0.330 e. The van der Waals surface area contributed by atoms with Gasteiger partial charge in [-0.3, -0.25) is 0 Å². The minimum atomic E-state index is -4.08. The summed E-state index contributed by atoms with van der Waals surface area (Å²) in [5, 5.41) is 2.89. The molecule has 0 fully saturated rings. The van der Waals surface area contributed by atoms with Gasteiger partial charge < -0.3 is 11.1 Å². The first-order chi connectivity index (χ1) is 6.85. The van der Waals surface area contributed by atoms with Gasteiger partial charge in [-0.05, 0) is 38.8 Å². The van der Waals surface area contributed by atoms with Gasteiger partial charge in [0.25, 0.3) is 0 Å². The van der Waals surface area contributed by atoms with Gasteiger partial charge in [0.15, 0.2) is 0 Å². The van der Waals surface area contributed by atoms with E-state index in [-0.39, 0.29) is 0 Å². The fourth-order valence-corrected chi connectivity index (χ4v) is 1.39. The molecule has 0 rings (SSSR count). The molecule has 0 saturated heterocycles. The van der Waals surface area contributed by atoms with Crippen LogP contribution in [0.15, 0.2) is 0 Å². The van der Waals surface area contributed by atoms with E-state index in [1.807, 2.05) is 6.92 Å². The van der Waals surface area contributed by atoms with Gasteiger partial charge in [0, 0.05) is 6.04 Å². The largest absolute Gasteiger partial charge is 0.390 e. The van der Waals surface area contributed by atoms with Crippen molar-refractivity contribution in [3.8, 4) is 0 Å². The number of hydrogen-bond donors (Lipinski definition) is 2. The van der Waals surface area contributed by atoms with Gasteiger partial charge >= 0.3 is 6.18 Å². The second-order valence-electron chi connectivity index (χ2n) is 4.16. The highest BCUT2D eigenvalue weighted by Crippen LogP contribution is 2.21. The van der Waals surface area contributed by atoms with Crippen LogP contribution in [-0.2, 0) is 0 Å². The van der Waals surface area contributed by atoms with Crippen LogP contribution in [0.4, 0.5) is 13.2 Å². The molecule has 92 valence electrons. The van der Waals surface area contributed by atoms with E-state index >= 15 is 0 Å². The Hall–Kier alpha value is -0.290. The normalized spacial score (nSPS) is 16.4. The molecule has 0 aromatic carbocycles. The minimum Gasteiger partial charge on any atom is -0.330 e. The number of hydrogen-bond acceptors (Lipinski definition) is 2. The van der Waals surface area contributed by atoms with Crippen molar-refractivity contribution in [1.29, 1.82) is 0 Å². The Morgan fingerprint density at radius 3 is 2.33 bits per heavy atom. The standard InChI is InChI=1S/C10H21F3N2/c1-8(4-3-5-14)7-15-9(2)6-10(11,12)13/h8-9,15H,3-7,14H2,1-2H3. The molecule has 2 atom stereocenters. The van der Waals surface area contributed by atoms with Crippen molar-refractivity contribution >= 4 is 0 Å². The summed E-state index contributed by atoms with van der Waals surface area (Å²) < 4.78 is 35.9. The van der Waals surface area contributed by atoms with Gasteiger partial charge in [0.2, 0.25) is 0 Å². The van der Waals surface area contributed by atoms with Crippen LogP contribution in [0.3, 0.4) is 0 Å². The molecular weight excluding hydrogens is 205 g/mol. The molecule has 3 N–H and O–H groups in total. The van der Waals surface area contributed by atoms with Crippen molar-refractivity contribution in [3.05, 3.63) is 0 Å². The number of nitrogens with two attached hydrogens (primary N) is 1. The third kappa shape index (κ3) is 10.0. The summed E-state index contributed by atoms with van der Waals surface area (Å²) in [6.45, 7) is 4.84. The summed E-state index contributed by atoms with van der Waals surface area (Å²) in [5.41, 5.74) is 5.35. The van der Waals surface area contributed by atoms with Crippen LogP contribution in [0.25, 0.3) is 0 Å². The molecule has 0 aliphatic carbocycles. The van der Waals surface area contributed by atoms with E-state index in [1.165, 1.54) is 0 Å². The molecule has 0 aromatic heterocycles. The van der Waals surface area contributed by atoms with E-state index in [1.54, 1.807) is 6.92 Å². The van der Waals surface area contributed by atoms with Gasteiger partial charge in [-0.1, -0.05) is 6.92 Å². The Bertz CT molecular complexity index is 159. The molecule has 0 saturated carbocycles. The predicted molar refractivity (Wildman–Crippen MR) is 55.6 cm³/mol. The van der Waals surface area contributed by atoms with E-state index in [4.69, 9.17) is 5.73 Å². The molecule has 0 radical (unpaired) electrons. The second-order valence-corrected chi connectivity index (χ2v) is 4.16.